The summed E-state index contributed by atoms with van der Waals surface area (Å²) in [6.45, 7) is 0.668. The summed E-state index contributed by atoms with van der Waals surface area (Å²) in [7, 11) is 0. The minimum Gasteiger partial charge on any atom is -0.396 e. The lowest BCUT2D eigenvalue weighted by molar-refractivity contribution is 0.0563. The molecule has 0 spiro atoms. The van der Waals surface area contributed by atoms with Gasteiger partial charge in [-0.1, -0.05) is 0 Å². The van der Waals surface area contributed by atoms with Gasteiger partial charge in [-0.05, 0) is 31.7 Å². The van der Waals surface area contributed by atoms with E-state index in [0.29, 0.717) is 24.2 Å². The molecule has 1 aromatic heterocycles. The van der Waals surface area contributed by atoms with E-state index in [0.717, 1.165) is 19.3 Å². The van der Waals surface area contributed by atoms with Gasteiger partial charge in [-0.3, -0.25) is 15.6 Å². The van der Waals surface area contributed by atoms with Gasteiger partial charge >= 0.3 is 0 Å². The summed E-state index contributed by atoms with van der Waals surface area (Å²) in [5, 5.41) is 8.96. The fourth-order valence-electron chi connectivity index (χ4n) is 2.24. The summed E-state index contributed by atoms with van der Waals surface area (Å²) in [5.41, 5.74) is 3.56. The van der Waals surface area contributed by atoms with E-state index in [1.54, 1.807) is 12.3 Å². The number of aliphatic hydroxyl groups is 1. The molecule has 2 rings (SSSR count). The van der Waals surface area contributed by atoms with Crippen molar-refractivity contribution < 1.29 is 9.90 Å². The molecule has 0 atom stereocenters. The molecule has 1 heterocycles. The number of nitrogen functional groups attached to an aromatic ring is 1. The van der Waals surface area contributed by atoms with Crippen molar-refractivity contribution in [3.8, 4) is 0 Å². The summed E-state index contributed by atoms with van der Waals surface area (Å²) >= 11 is 0. The standard InChI is InChI=1S/C13H20N4O2/c14-16-12-9-15-6-5-11(12)13(19)17(7-2-8-18)10-3-1-4-10/h5-6,9-10,16,18H,1-4,7-8,14H2. The topological polar surface area (TPSA) is 91.5 Å². The summed E-state index contributed by atoms with van der Waals surface area (Å²) in [6.07, 6.45) is 6.95. The Morgan fingerprint density at radius 1 is 1.58 bits per heavy atom. The van der Waals surface area contributed by atoms with E-state index in [2.05, 4.69) is 10.4 Å². The number of pyridine rings is 1. The number of hydrogen-bond donors (Lipinski definition) is 3. The van der Waals surface area contributed by atoms with Crippen molar-refractivity contribution >= 4 is 11.6 Å². The van der Waals surface area contributed by atoms with Crippen molar-refractivity contribution in [2.75, 3.05) is 18.6 Å². The molecule has 19 heavy (non-hydrogen) atoms. The number of hydrogen-bond acceptors (Lipinski definition) is 5. The monoisotopic (exact) mass is 264 g/mol. The molecule has 1 aliphatic rings. The summed E-state index contributed by atoms with van der Waals surface area (Å²) in [4.78, 5) is 18.4. The van der Waals surface area contributed by atoms with Crippen molar-refractivity contribution in [3.63, 3.8) is 0 Å². The quantitative estimate of drug-likeness (QED) is 0.521. The van der Waals surface area contributed by atoms with Gasteiger partial charge in [0.2, 0.25) is 0 Å². The van der Waals surface area contributed by atoms with Crippen LogP contribution in [0.25, 0.3) is 0 Å². The first kappa shape index (κ1) is 13.8. The van der Waals surface area contributed by atoms with E-state index in [1.807, 2.05) is 4.90 Å². The molecule has 1 fully saturated rings. The van der Waals surface area contributed by atoms with Gasteiger partial charge < -0.3 is 15.4 Å². The van der Waals surface area contributed by atoms with Gasteiger partial charge in [0.25, 0.3) is 5.91 Å². The van der Waals surface area contributed by atoms with Crippen molar-refractivity contribution in [2.24, 2.45) is 5.84 Å². The zero-order chi connectivity index (χ0) is 13.7. The lowest BCUT2D eigenvalue weighted by Gasteiger charge is -2.37. The number of carbonyl (C=O) groups excluding carboxylic acids is 1. The number of hydrazine groups is 1. The maximum atomic E-state index is 12.6. The van der Waals surface area contributed by atoms with Crippen LogP contribution in [0.1, 0.15) is 36.0 Å². The third kappa shape index (κ3) is 3.02. The molecule has 0 aromatic carbocycles. The van der Waals surface area contributed by atoms with Crippen LogP contribution in [-0.2, 0) is 0 Å². The predicted molar refractivity (Wildman–Crippen MR) is 72.4 cm³/mol. The van der Waals surface area contributed by atoms with Crippen LogP contribution in [0.5, 0.6) is 0 Å². The highest BCUT2D eigenvalue weighted by molar-refractivity contribution is 5.99. The van der Waals surface area contributed by atoms with Crippen molar-refractivity contribution in [1.82, 2.24) is 9.88 Å². The first-order valence-corrected chi connectivity index (χ1v) is 6.60. The zero-order valence-corrected chi connectivity index (χ0v) is 10.9. The van der Waals surface area contributed by atoms with Gasteiger partial charge in [-0.2, -0.15) is 0 Å². The molecule has 0 aliphatic heterocycles. The molecular formula is C13H20N4O2. The highest BCUT2D eigenvalue weighted by Crippen LogP contribution is 2.27. The number of amides is 1. The minimum absolute atomic E-state index is 0.0477. The Kier molecular flexibility index (Phi) is 4.70. The largest absolute Gasteiger partial charge is 0.396 e. The Morgan fingerprint density at radius 2 is 2.37 bits per heavy atom. The fourth-order valence-corrected chi connectivity index (χ4v) is 2.24. The van der Waals surface area contributed by atoms with Gasteiger partial charge in [0.15, 0.2) is 0 Å². The number of rotatable bonds is 6. The molecule has 0 saturated heterocycles. The lowest BCUT2D eigenvalue weighted by atomic mass is 9.90. The summed E-state index contributed by atoms with van der Waals surface area (Å²) in [5.74, 6) is 5.36. The number of aromatic nitrogens is 1. The Hall–Kier alpha value is -1.66. The van der Waals surface area contributed by atoms with Crippen molar-refractivity contribution in [3.05, 3.63) is 24.0 Å². The van der Waals surface area contributed by atoms with E-state index in [4.69, 9.17) is 10.9 Å². The van der Waals surface area contributed by atoms with Gasteiger partial charge in [0.05, 0.1) is 17.4 Å². The van der Waals surface area contributed by atoms with Gasteiger partial charge in [-0.25, -0.2) is 0 Å². The van der Waals surface area contributed by atoms with Crippen LogP contribution in [-0.4, -0.2) is 40.1 Å². The molecule has 104 valence electrons. The van der Waals surface area contributed by atoms with E-state index >= 15 is 0 Å². The second-order valence-electron chi connectivity index (χ2n) is 4.73. The maximum Gasteiger partial charge on any atom is 0.256 e. The van der Waals surface area contributed by atoms with Gasteiger partial charge in [0, 0.05) is 25.4 Å². The van der Waals surface area contributed by atoms with E-state index in [9.17, 15) is 4.79 Å². The first-order valence-electron chi connectivity index (χ1n) is 6.60. The lowest BCUT2D eigenvalue weighted by Crippen LogP contribution is -2.45. The minimum atomic E-state index is -0.0477. The van der Waals surface area contributed by atoms with Crippen LogP contribution in [0.15, 0.2) is 18.5 Å². The van der Waals surface area contributed by atoms with Crippen LogP contribution in [0.3, 0.4) is 0 Å². The smallest absolute Gasteiger partial charge is 0.256 e. The summed E-state index contributed by atoms with van der Waals surface area (Å²) < 4.78 is 0. The highest BCUT2D eigenvalue weighted by atomic mass is 16.3. The number of anilines is 1. The molecule has 6 nitrogen and oxygen atoms in total. The summed E-state index contributed by atoms with van der Waals surface area (Å²) in [6, 6.07) is 1.96. The third-order valence-corrected chi connectivity index (χ3v) is 3.54. The van der Waals surface area contributed by atoms with E-state index in [1.165, 1.54) is 6.20 Å². The number of aliphatic hydroxyl groups excluding tert-OH is 1. The number of nitrogens with two attached hydrogens (primary N) is 1. The number of carbonyl (C=O) groups is 1. The Bertz CT molecular complexity index is 434. The highest BCUT2D eigenvalue weighted by Gasteiger charge is 2.29. The molecule has 4 N–H and O–H groups in total. The molecular weight excluding hydrogens is 244 g/mol. The van der Waals surface area contributed by atoms with Crippen LogP contribution >= 0.6 is 0 Å². The van der Waals surface area contributed by atoms with Crippen LogP contribution < -0.4 is 11.3 Å². The first-order chi connectivity index (χ1) is 9.27. The molecule has 0 bridgehead atoms. The number of nitrogens with one attached hydrogen (secondary N) is 1. The third-order valence-electron chi connectivity index (χ3n) is 3.54. The molecule has 1 aromatic rings. The predicted octanol–water partition coefficient (Wildman–Crippen LogP) is 0.744. The average Bonchev–Trinajstić information content (AvgIpc) is 2.40. The van der Waals surface area contributed by atoms with Crippen LogP contribution in [0.2, 0.25) is 0 Å². The fraction of sp³-hybridized carbons (Fsp3) is 0.538. The Morgan fingerprint density at radius 3 is 2.95 bits per heavy atom. The number of nitrogens with zero attached hydrogens (tertiary/aromatic N) is 2. The van der Waals surface area contributed by atoms with Gasteiger partial charge in [0.1, 0.15) is 0 Å². The molecule has 0 radical (unpaired) electrons. The van der Waals surface area contributed by atoms with Crippen LogP contribution in [0.4, 0.5) is 5.69 Å². The molecule has 6 heteroatoms. The van der Waals surface area contributed by atoms with Crippen molar-refractivity contribution in [1.29, 1.82) is 0 Å². The van der Waals surface area contributed by atoms with E-state index in [-0.39, 0.29) is 18.6 Å². The van der Waals surface area contributed by atoms with E-state index < -0.39 is 0 Å². The second kappa shape index (κ2) is 6.49. The normalized spacial score (nSPS) is 14.8. The molecule has 1 aliphatic carbocycles. The maximum absolute atomic E-state index is 12.6. The SMILES string of the molecule is NNc1cnccc1C(=O)N(CCCO)C1CCC1. The molecule has 1 amide bonds. The Labute approximate surface area is 112 Å². The second-order valence-corrected chi connectivity index (χ2v) is 4.73. The Balaban J connectivity index is 2.17. The molecule has 0 unspecified atom stereocenters. The van der Waals surface area contributed by atoms with Gasteiger partial charge in [-0.15, -0.1) is 0 Å². The zero-order valence-electron chi connectivity index (χ0n) is 10.9. The molecule has 1 saturated carbocycles. The average molecular weight is 264 g/mol. The van der Waals surface area contributed by atoms with Crippen LogP contribution in [0, 0.1) is 0 Å². The van der Waals surface area contributed by atoms with Crippen molar-refractivity contribution in [2.45, 2.75) is 31.7 Å².